The Kier molecular flexibility index (Phi) is 3.71. The molecule has 1 aliphatic heterocycles. The van der Waals surface area contributed by atoms with Gasteiger partial charge >= 0.3 is 0 Å². The average Bonchev–Trinajstić information content (AvgIpc) is 3.54. The predicted octanol–water partition coefficient (Wildman–Crippen LogP) is 3.85. The second kappa shape index (κ2) is 7.31. The number of amides is 1. The molecule has 1 saturated carbocycles. The molecule has 5 rings (SSSR count). The third-order valence-corrected chi connectivity index (χ3v) is 6.08. The number of pyridine rings is 1. The number of nitrogens with one attached hydrogen (secondary N) is 1. The molecule has 1 aliphatic carbocycles. The van der Waals surface area contributed by atoms with Crippen molar-refractivity contribution in [2.45, 2.75) is 31.3 Å². The molecule has 1 amide bonds. The van der Waals surface area contributed by atoms with Gasteiger partial charge in [-0.05, 0) is 69.3 Å². The Morgan fingerprint density at radius 1 is 1.26 bits per heavy atom. The summed E-state index contributed by atoms with van der Waals surface area (Å²) in [6.07, 6.45) is 2.94. The highest BCUT2D eigenvalue weighted by molar-refractivity contribution is 5.98. The largest absolute Gasteiger partial charge is 0.368 e. The van der Waals surface area contributed by atoms with Crippen LogP contribution in [0.1, 0.15) is 39.8 Å². The van der Waals surface area contributed by atoms with Gasteiger partial charge in [-0.3, -0.25) is 9.78 Å². The summed E-state index contributed by atoms with van der Waals surface area (Å²) in [4.78, 5) is 20.2. The lowest BCUT2D eigenvalue weighted by Crippen LogP contribution is -2.57. The fraction of sp³-hybridized carbons (Fsp3) is 0.360. The summed E-state index contributed by atoms with van der Waals surface area (Å²) < 4.78 is 48.2. The van der Waals surface area contributed by atoms with Gasteiger partial charge in [0.2, 0.25) is 0 Å². The molecule has 0 unspecified atom stereocenters. The van der Waals surface area contributed by atoms with Gasteiger partial charge in [0, 0.05) is 41.9 Å². The Balaban J connectivity index is 1.47. The molecule has 0 spiro atoms. The minimum atomic E-state index is -1.95. The van der Waals surface area contributed by atoms with E-state index in [0.29, 0.717) is 35.0 Å². The molecule has 0 bridgehead atoms. The van der Waals surface area contributed by atoms with E-state index in [1.54, 1.807) is 57.4 Å². The van der Waals surface area contributed by atoms with Gasteiger partial charge in [0.05, 0.1) is 11.0 Å². The third kappa shape index (κ3) is 3.45. The summed E-state index contributed by atoms with van der Waals surface area (Å²) in [5.41, 5.74) is 1.78. The van der Waals surface area contributed by atoms with Crippen molar-refractivity contribution in [2.75, 3.05) is 32.0 Å². The van der Waals surface area contributed by atoms with Crippen LogP contribution in [0.3, 0.4) is 0 Å². The van der Waals surface area contributed by atoms with Gasteiger partial charge < -0.3 is 15.1 Å². The number of hydrogen-bond donors (Lipinski definition) is 1. The first kappa shape index (κ1) is 15.8. The van der Waals surface area contributed by atoms with Crippen LogP contribution in [0.2, 0.25) is 0 Å². The van der Waals surface area contributed by atoms with E-state index in [4.69, 9.17) is 5.48 Å². The van der Waals surface area contributed by atoms with Crippen LogP contribution in [0.5, 0.6) is 0 Å². The van der Waals surface area contributed by atoms with E-state index >= 15 is 0 Å². The van der Waals surface area contributed by atoms with E-state index in [9.17, 15) is 9.18 Å². The number of halogens is 1. The zero-order chi connectivity index (χ0) is 25.3. The van der Waals surface area contributed by atoms with E-state index in [2.05, 4.69) is 10.3 Å². The van der Waals surface area contributed by atoms with Crippen molar-refractivity contribution in [2.24, 2.45) is 0 Å². The Morgan fingerprint density at radius 3 is 2.74 bits per heavy atom. The van der Waals surface area contributed by atoms with Gasteiger partial charge in [-0.25, -0.2) is 4.39 Å². The molecule has 31 heavy (non-hydrogen) atoms. The number of benzene rings is 2. The number of aromatic nitrogens is 1. The highest BCUT2D eigenvalue weighted by atomic mass is 19.1. The summed E-state index contributed by atoms with van der Waals surface area (Å²) in [7, 11) is 3.30. The minimum absolute atomic E-state index is 0.265. The van der Waals surface area contributed by atoms with Crippen molar-refractivity contribution in [1.82, 2.24) is 15.2 Å². The molecule has 1 aromatic heterocycles. The molecule has 1 N–H and O–H groups in total. The molecule has 1 saturated heterocycles. The van der Waals surface area contributed by atoms with Crippen LogP contribution in [-0.4, -0.2) is 48.9 Å². The molecule has 5 nitrogen and oxygen atoms in total. The SMILES string of the molecule is [2H]C1([2H])C(N(C)C)C([2H])([2H])N1c1ccc(C)c(C(=O)NC2(c3ccc(F)c4ncccc34)CC2)c1. The monoisotopic (exact) mass is 422 g/mol. The lowest BCUT2D eigenvalue weighted by Gasteiger charge is -2.44. The zero-order valence-electron chi connectivity index (χ0n) is 21.7. The zero-order valence-corrected chi connectivity index (χ0v) is 17.7. The van der Waals surface area contributed by atoms with Crippen LogP contribution in [0.4, 0.5) is 10.1 Å². The van der Waals surface area contributed by atoms with Gasteiger partial charge in [-0.1, -0.05) is 18.2 Å². The van der Waals surface area contributed by atoms with Crippen molar-refractivity contribution >= 4 is 22.5 Å². The molecule has 2 aliphatic rings. The average molecular weight is 423 g/mol. The topological polar surface area (TPSA) is 48.5 Å². The third-order valence-electron chi connectivity index (χ3n) is 6.08. The van der Waals surface area contributed by atoms with E-state index in [1.807, 2.05) is 0 Å². The maximum absolute atomic E-state index is 14.3. The summed E-state index contributed by atoms with van der Waals surface area (Å²) in [5, 5.41) is 3.78. The molecule has 0 atom stereocenters. The number of fused-ring (bicyclic) bond motifs is 1. The van der Waals surface area contributed by atoms with Crippen LogP contribution in [0.15, 0.2) is 48.7 Å². The summed E-state index contributed by atoms with van der Waals surface area (Å²) in [6.45, 7) is -2.11. The summed E-state index contributed by atoms with van der Waals surface area (Å²) in [6, 6.07) is 10.5. The minimum Gasteiger partial charge on any atom is -0.368 e. The number of carbonyl (C=O) groups excluding carboxylic acids is 1. The van der Waals surface area contributed by atoms with Crippen molar-refractivity contribution in [1.29, 1.82) is 0 Å². The predicted molar refractivity (Wildman–Crippen MR) is 121 cm³/mol. The first-order valence-electron chi connectivity index (χ1n) is 12.3. The van der Waals surface area contributed by atoms with Crippen molar-refractivity contribution in [3.63, 3.8) is 0 Å². The maximum atomic E-state index is 14.3. The van der Waals surface area contributed by atoms with Crippen LogP contribution in [0, 0.1) is 12.7 Å². The van der Waals surface area contributed by atoms with Gasteiger partial charge in [0.15, 0.2) is 0 Å². The van der Waals surface area contributed by atoms with Crippen LogP contribution >= 0.6 is 0 Å². The fourth-order valence-corrected chi connectivity index (χ4v) is 4.05. The second-order valence-corrected chi connectivity index (χ2v) is 8.49. The van der Waals surface area contributed by atoms with Gasteiger partial charge in [-0.15, -0.1) is 0 Å². The van der Waals surface area contributed by atoms with E-state index in [0.717, 1.165) is 10.5 Å². The summed E-state index contributed by atoms with van der Waals surface area (Å²) >= 11 is 0. The molecular weight excluding hydrogens is 391 g/mol. The van der Waals surface area contributed by atoms with Crippen LogP contribution < -0.4 is 10.2 Å². The Bertz CT molecular complexity index is 1330. The molecule has 2 aromatic carbocycles. The Morgan fingerprint density at radius 2 is 2.03 bits per heavy atom. The first-order chi connectivity index (χ1) is 16.4. The lowest BCUT2D eigenvalue weighted by molar-refractivity contribution is 0.0930. The molecule has 6 heteroatoms. The fourth-order valence-electron chi connectivity index (χ4n) is 4.05. The number of hydrogen-bond acceptors (Lipinski definition) is 4. The van der Waals surface area contributed by atoms with Gasteiger partial charge in [0.25, 0.3) is 5.91 Å². The van der Waals surface area contributed by atoms with Crippen molar-refractivity contribution in [3.05, 3.63) is 71.2 Å². The molecular formula is C25H27FN4O. The second-order valence-electron chi connectivity index (χ2n) is 8.49. The lowest BCUT2D eigenvalue weighted by atomic mass is 9.97. The number of likely N-dealkylation sites (N-methyl/N-ethyl adjacent to an activating group) is 1. The van der Waals surface area contributed by atoms with E-state index in [1.165, 1.54) is 17.2 Å². The number of carbonyl (C=O) groups is 1. The van der Waals surface area contributed by atoms with Gasteiger partial charge in [-0.2, -0.15) is 0 Å². The molecule has 2 fully saturated rings. The van der Waals surface area contributed by atoms with Crippen molar-refractivity contribution < 1.29 is 14.7 Å². The normalized spacial score (nSPS) is 22.8. The highest BCUT2D eigenvalue weighted by Gasteiger charge is 2.47. The summed E-state index contributed by atoms with van der Waals surface area (Å²) in [5.74, 6) is -0.752. The Hall–Kier alpha value is -2.99. The van der Waals surface area contributed by atoms with E-state index in [-0.39, 0.29) is 11.4 Å². The van der Waals surface area contributed by atoms with Crippen LogP contribution in [0.25, 0.3) is 10.9 Å². The van der Waals surface area contributed by atoms with Crippen molar-refractivity contribution in [3.8, 4) is 0 Å². The molecule has 160 valence electrons. The Labute approximate surface area is 187 Å². The molecule has 3 aromatic rings. The number of rotatable bonds is 5. The smallest absolute Gasteiger partial charge is 0.252 e. The molecule has 2 heterocycles. The first-order valence-corrected chi connectivity index (χ1v) is 10.3. The van der Waals surface area contributed by atoms with Gasteiger partial charge in [0.1, 0.15) is 11.3 Å². The number of nitrogens with zero attached hydrogens (tertiary/aromatic N) is 3. The highest BCUT2D eigenvalue weighted by Crippen LogP contribution is 2.48. The molecule has 0 radical (unpaired) electrons. The van der Waals surface area contributed by atoms with E-state index < -0.39 is 30.4 Å². The number of anilines is 1. The van der Waals surface area contributed by atoms with Crippen LogP contribution in [-0.2, 0) is 5.54 Å². The number of aryl methyl sites for hydroxylation is 1. The quantitative estimate of drug-likeness (QED) is 0.679. The standard InChI is InChI=1S/C25H27FN4O/c1-16-6-7-17(30-14-18(15-30)29(2)3)13-20(16)24(31)28-25(10-11-25)21-8-9-22(26)23-19(21)5-4-12-27-23/h4-9,12-13,18H,10-11,14-15H2,1-3H3,(H,28,31)/i14D2,15D2. The maximum Gasteiger partial charge on any atom is 0.252 e.